The van der Waals surface area contributed by atoms with Crippen molar-refractivity contribution in [3.05, 3.63) is 51.1 Å². The van der Waals surface area contributed by atoms with Crippen LogP contribution in [0.1, 0.15) is 15.2 Å². The maximum absolute atomic E-state index is 12.4. The van der Waals surface area contributed by atoms with Gasteiger partial charge in [-0.2, -0.15) is 0 Å². The molecular weight excluding hydrogens is 403 g/mol. The second-order valence-electron chi connectivity index (χ2n) is 4.72. The van der Waals surface area contributed by atoms with E-state index in [1.165, 1.54) is 11.8 Å². The van der Waals surface area contributed by atoms with Crippen molar-refractivity contribution in [2.75, 3.05) is 6.26 Å². The van der Waals surface area contributed by atoms with Crippen LogP contribution in [0.5, 0.6) is 0 Å². The maximum Gasteiger partial charge on any atom is 0.352 e. The standard InChI is InChI=1S/C15H10Cl2N4O2S2/c1-24-15-18-5-9(6-19-15)12-13(25-21-20-12)14(22)23-7-8-2-3-10(16)4-11(8)17/h2-6H,7H2,1H3. The normalized spacial score (nSPS) is 10.7. The highest BCUT2D eigenvalue weighted by Gasteiger charge is 2.20. The van der Waals surface area contributed by atoms with Crippen LogP contribution in [0, 0.1) is 0 Å². The number of ether oxygens (including phenoxy) is 1. The summed E-state index contributed by atoms with van der Waals surface area (Å²) < 4.78 is 9.15. The zero-order valence-corrected chi connectivity index (χ0v) is 15.9. The molecule has 1 aromatic carbocycles. The lowest BCUT2D eigenvalue weighted by Crippen LogP contribution is -2.05. The molecule has 0 atom stereocenters. The molecule has 0 unspecified atom stereocenters. The molecule has 0 saturated heterocycles. The Morgan fingerprint density at radius 3 is 2.72 bits per heavy atom. The van der Waals surface area contributed by atoms with Crippen molar-refractivity contribution in [2.45, 2.75) is 11.8 Å². The van der Waals surface area contributed by atoms with E-state index in [0.717, 1.165) is 11.5 Å². The molecule has 0 N–H and O–H groups in total. The fourth-order valence-electron chi connectivity index (χ4n) is 1.90. The largest absolute Gasteiger partial charge is 0.456 e. The van der Waals surface area contributed by atoms with E-state index < -0.39 is 5.97 Å². The Morgan fingerprint density at radius 1 is 1.28 bits per heavy atom. The minimum atomic E-state index is -0.537. The van der Waals surface area contributed by atoms with E-state index in [1.54, 1.807) is 30.6 Å². The van der Waals surface area contributed by atoms with Gasteiger partial charge in [0.15, 0.2) is 10.0 Å². The minimum absolute atomic E-state index is 0.0219. The van der Waals surface area contributed by atoms with Crippen LogP contribution in [-0.2, 0) is 11.3 Å². The highest BCUT2D eigenvalue weighted by molar-refractivity contribution is 7.98. The average molecular weight is 413 g/mol. The first kappa shape index (κ1) is 18.1. The predicted molar refractivity (Wildman–Crippen MR) is 98.3 cm³/mol. The lowest BCUT2D eigenvalue weighted by atomic mass is 10.2. The number of carbonyl (C=O) groups excluding carboxylic acids is 1. The molecule has 0 amide bonds. The summed E-state index contributed by atoms with van der Waals surface area (Å²) >= 11 is 14.3. The quantitative estimate of drug-likeness (QED) is 0.349. The van der Waals surface area contributed by atoms with E-state index in [0.29, 0.717) is 32.0 Å². The van der Waals surface area contributed by atoms with Crippen LogP contribution in [-0.4, -0.2) is 31.8 Å². The Labute approximate surface area is 161 Å². The number of nitrogens with zero attached hydrogens (tertiary/aromatic N) is 4. The second-order valence-corrected chi connectivity index (χ2v) is 7.09. The summed E-state index contributed by atoms with van der Waals surface area (Å²) in [5.41, 5.74) is 1.65. The molecule has 2 heterocycles. The fourth-order valence-corrected chi connectivity index (χ4v) is 3.27. The molecule has 3 rings (SSSR count). The molecule has 2 aromatic heterocycles. The van der Waals surface area contributed by atoms with Crippen molar-refractivity contribution in [3.63, 3.8) is 0 Å². The first-order chi connectivity index (χ1) is 12.1. The van der Waals surface area contributed by atoms with Crippen LogP contribution in [0.25, 0.3) is 11.3 Å². The highest BCUT2D eigenvalue weighted by atomic mass is 35.5. The van der Waals surface area contributed by atoms with Gasteiger partial charge in [-0.1, -0.05) is 45.5 Å². The van der Waals surface area contributed by atoms with Gasteiger partial charge in [0.05, 0.1) is 0 Å². The summed E-state index contributed by atoms with van der Waals surface area (Å²) in [6, 6.07) is 4.98. The molecule has 128 valence electrons. The average Bonchev–Trinajstić information content (AvgIpc) is 3.10. The number of rotatable bonds is 5. The summed E-state index contributed by atoms with van der Waals surface area (Å²) in [6.45, 7) is 0.0219. The van der Waals surface area contributed by atoms with Crippen LogP contribution in [0.2, 0.25) is 10.0 Å². The maximum atomic E-state index is 12.4. The number of halogens is 2. The molecule has 0 aliphatic rings. The highest BCUT2D eigenvalue weighted by Crippen LogP contribution is 2.26. The number of carbonyl (C=O) groups is 1. The van der Waals surface area contributed by atoms with Gasteiger partial charge in [0.2, 0.25) is 0 Å². The number of hydrogen-bond acceptors (Lipinski definition) is 8. The number of hydrogen-bond donors (Lipinski definition) is 0. The lowest BCUT2D eigenvalue weighted by Gasteiger charge is -2.06. The van der Waals surface area contributed by atoms with Gasteiger partial charge in [-0.15, -0.1) is 5.10 Å². The fraction of sp³-hybridized carbons (Fsp3) is 0.133. The molecule has 0 spiro atoms. The van der Waals surface area contributed by atoms with Crippen molar-refractivity contribution in [3.8, 4) is 11.3 Å². The Bertz CT molecular complexity index is 903. The van der Waals surface area contributed by atoms with Gasteiger partial charge in [-0.05, 0) is 29.9 Å². The first-order valence-electron chi connectivity index (χ1n) is 6.88. The topological polar surface area (TPSA) is 77.9 Å². The third-order valence-corrected chi connectivity index (χ3v) is 5.00. The number of aromatic nitrogens is 4. The Kier molecular flexibility index (Phi) is 5.85. The molecule has 6 nitrogen and oxygen atoms in total. The molecule has 0 saturated carbocycles. The van der Waals surface area contributed by atoms with Crippen LogP contribution in [0.15, 0.2) is 35.7 Å². The summed E-state index contributed by atoms with van der Waals surface area (Å²) in [5, 5.41) is 5.57. The van der Waals surface area contributed by atoms with Crippen LogP contribution >= 0.6 is 46.5 Å². The van der Waals surface area contributed by atoms with Crippen LogP contribution < -0.4 is 0 Å². The molecule has 0 radical (unpaired) electrons. The smallest absolute Gasteiger partial charge is 0.352 e. The van der Waals surface area contributed by atoms with Crippen molar-refractivity contribution in [1.82, 2.24) is 19.6 Å². The molecule has 0 aliphatic carbocycles. The van der Waals surface area contributed by atoms with Gasteiger partial charge in [-0.3, -0.25) is 0 Å². The van der Waals surface area contributed by atoms with E-state index in [4.69, 9.17) is 27.9 Å². The van der Waals surface area contributed by atoms with Gasteiger partial charge >= 0.3 is 5.97 Å². The van der Waals surface area contributed by atoms with Crippen molar-refractivity contribution >= 4 is 52.5 Å². The predicted octanol–water partition coefficient (Wildman–Crippen LogP) is 4.38. The molecule has 0 bridgehead atoms. The summed E-state index contributed by atoms with van der Waals surface area (Å²) in [7, 11) is 0. The molecule has 25 heavy (non-hydrogen) atoms. The Balaban J connectivity index is 1.75. The SMILES string of the molecule is CSc1ncc(-c2nnsc2C(=O)OCc2ccc(Cl)cc2Cl)cn1. The molecule has 3 aromatic rings. The molecular formula is C15H10Cl2N4O2S2. The van der Waals surface area contributed by atoms with Gasteiger partial charge in [0.25, 0.3) is 0 Å². The molecule has 0 aliphatic heterocycles. The minimum Gasteiger partial charge on any atom is -0.456 e. The summed E-state index contributed by atoms with van der Waals surface area (Å²) in [4.78, 5) is 21.0. The van der Waals surface area contributed by atoms with Gasteiger partial charge in [0, 0.05) is 33.6 Å². The zero-order valence-electron chi connectivity index (χ0n) is 12.8. The van der Waals surface area contributed by atoms with Gasteiger partial charge in [-0.25, -0.2) is 14.8 Å². The summed E-state index contributed by atoms with van der Waals surface area (Å²) in [5.74, 6) is -0.537. The lowest BCUT2D eigenvalue weighted by molar-refractivity contribution is 0.0479. The third kappa shape index (κ3) is 4.27. The summed E-state index contributed by atoms with van der Waals surface area (Å²) in [6.07, 6.45) is 5.08. The second kappa shape index (κ2) is 8.09. The van der Waals surface area contributed by atoms with E-state index in [9.17, 15) is 4.79 Å². The number of thioether (sulfide) groups is 1. The van der Waals surface area contributed by atoms with E-state index in [2.05, 4.69) is 19.6 Å². The molecule has 0 fully saturated rings. The van der Waals surface area contributed by atoms with Gasteiger partial charge < -0.3 is 4.74 Å². The zero-order chi connectivity index (χ0) is 17.8. The van der Waals surface area contributed by atoms with Crippen LogP contribution in [0.4, 0.5) is 0 Å². The van der Waals surface area contributed by atoms with E-state index in [1.807, 2.05) is 6.26 Å². The van der Waals surface area contributed by atoms with Crippen molar-refractivity contribution < 1.29 is 9.53 Å². The monoisotopic (exact) mass is 412 g/mol. The Morgan fingerprint density at radius 2 is 2.04 bits per heavy atom. The van der Waals surface area contributed by atoms with E-state index >= 15 is 0 Å². The number of esters is 1. The number of benzene rings is 1. The van der Waals surface area contributed by atoms with Crippen molar-refractivity contribution in [2.24, 2.45) is 0 Å². The van der Waals surface area contributed by atoms with Crippen molar-refractivity contribution in [1.29, 1.82) is 0 Å². The first-order valence-corrected chi connectivity index (χ1v) is 9.63. The van der Waals surface area contributed by atoms with Gasteiger partial charge in [0.1, 0.15) is 12.3 Å². The Hall–Kier alpha value is -1.74. The van der Waals surface area contributed by atoms with E-state index in [-0.39, 0.29) is 11.5 Å². The third-order valence-electron chi connectivity index (χ3n) is 3.13. The molecule has 10 heteroatoms. The van der Waals surface area contributed by atoms with Crippen LogP contribution in [0.3, 0.4) is 0 Å².